The largest absolute Gasteiger partial charge is 0.445 e. The summed E-state index contributed by atoms with van der Waals surface area (Å²) in [5.74, 6) is -3.29. The molecule has 1 aliphatic carbocycles. The number of alkyl halides is 3. The lowest BCUT2D eigenvalue weighted by Gasteiger charge is -2.31. The number of oxazole rings is 1. The number of carbonyl (C=O) groups excluding carboxylic acids is 2. The molecule has 0 saturated carbocycles. The molecule has 2 aromatic carbocycles. The van der Waals surface area contributed by atoms with Gasteiger partial charge in [0.25, 0.3) is 11.8 Å². The van der Waals surface area contributed by atoms with Crippen LogP contribution in [-0.4, -0.2) is 76.2 Å². The number of benzene rings is 2. The number of aliphatic hydroxyl groups is 1. The van der Waals surface area contributed by atoms with Crippen LogP contribution in [0.15, 0.2) is 77.1 Å². The Hall–Kier alpha value is -4.36. The monoisotopic (exact) mass is 674 g/mol. The van der Waals surface area contributed by atoms with E-state index in [1.165, 1.54) is 35.6 Å². The number of hydrogen-bond donors (Lipinski definition) is 2. The van der Waals surface area contributed by atoms with Crippen molar-refractivity contribution in [2.24, 2.45) is 11.7 Å². The molecule has 4 rings (SSSR count). The number of nitrogens with two attached hydrogens (primary N) is 1. The Kier molecular flexibility index (Phi) is 12.3. The first-order chi connectivity index (χ1) is 22.8. The molecule has 0 fully saturated rings. The summed E-state index contributed by atoms with van der Waals surface area (Å²) < 4.78 is 73.7. The quantitative estimate of drug-likeness (QED) is 0.194. The van der Waals surface area contributed by atoms with Gasteiger partial charge < -0.3 is 25.1 Å². The third kappa shape index (κ3) is 9.60. The van der Waals surface area contributed by atoms with Gasteiger partial charge in [-0.15, -0.1) is 0 Å². The Morgan fingerprint density at radius 1 is 1.00 bits per heavy atom. The van der Waals surface area contributed by atoms with E-state index in [0.717, 1.165) is 24.3 Å². The second kappa shape index (κ2) is 16.2. The van der Waals surface area contributed by atoms with Crippen molar-refractivity contribution in [2.75, 3.05) is 26.2 Å². The fraction of sp³-hybridized carbons (Fsp3) is 0.400. The van der Waals surface area contributed by atoms with E-state index < -0.39 is 53.9 Å². The van der Waals surface area contributed by atoms with E-state index in [-0.39, 0.29) is 47.9 Å². The summed E-state index contributed by atoms with van der Waals surface area (Å²) >= 11 is 0. The Morgan fingerprint density at radius 2 is 1.62 bits per heavy atom. The van der Waals surface area contributed by atoms with E-state index in [2.05, 4.69) is 4.98 Å². The number of allylic oxidation sites excluding steroid dienone is 3. The predicted molar refractivity (Wildman–Crippen MR) is 170 cm³/mol. The van der Waals surface area contributed by atoms with Crippen LogP contribution in [0.5, 0.6) is 0 Å². The number of aliphatic hydroxyl groups excluding tert-OH is 1. The highest BCUT2D eigenvalue weighted by molar-refractivity contribution is 6.01. The zero-order chi connectivity index (χ0) is 35.0. The van der Waals surface area contributed by atoms with Crippen molar-refractivity contribution < 1.29 is 41.1 Å². The maximum absolute atomic E-state index is 14.3. The van der Waals surface area contributed by atoms with Crippen LogP contribution in [-0.2, 0) is 6.42 Å². The number of rotatable bonds is 14. The third-order valence-corrected chi connectivity index (χ3v) is 7.90. The average Bonchev–Trinajstić information content (AvgIpc) is 3.58. The van der Waals surface area contributed by atoms with Gasteiger partial charge in [0.2, 0.25) is 5.89 Å². The van der Waals surface area contributed by atoms with Gasteiger partial charge in [-0.1, -0.05) is 32.1 Å². The number of aromatic nitrogens is 1. The Balaban J connectivity index is 1.71. The van der Waals surface area contributed by atoms with Gasteiger partial charge in [0.1, 0.15) is 17.9 Å². The molecule has 13 heteroatoms. The van der Waals surface area contributed by atoms with Crippen molar-refractivity contribution in [3.05, 3.63) is 101 Å². The molecule has 3 atom stereocenters. The van der Waals surface area contributed by atoms with Crippen molar-refractivity contribution in [1.82, 2.24) is 14.8 Å². The molecule has 1 aromatic heterocycles. The number of amides is 2. The predicted octanol–water partition coefficient (Wildman–Crippen LogP) is 6.32. The van der Waals surface area contributed by atoms with Gasteiger partial charge in [-0.3, -0.25) is 9.59 Å². The van der Waals surface area contributed by atoms with Crippen molar-refractivity contribution >= 4 is 11.8 Å². The van der Waals surface area contributed by atoms with E-state index in [1.807, 2.05) is 13.8 Å². The topological polar surface area (TPSA) is 113 Å². The van der Waals surface area contributed by atoms with Crippen LogP contribution in [0.3, 0.4) is 0 Å². The molecule has 3 aromatic rings. The van der Waals surface area contributed by atoms with Gasteiger partial charge in [0.05, 0.1) is 17.9 Å². The summed E-state index contributed by atoms with van der Waals surface area (Å²) in [4.78, 5) is 34.9. The lowest BCUT2D eigenvalue weighted by atomic mass is 9.94. The molecule has 0 aliphatic heterocycles. The Labute approximate surface area is 275 Å². The molecular weight excluding hydrogens is 635 g/mol. The van der Waals surface area contributed by atoms with Gasteiger partial charge in [0, 0.05) is 55.0 Å². The van der Waals surface area contributed by atoms with E-state index in [9.17, 15) is 36.6 Å². The van der Waals surface area contributed by atoms with Gasteiger partial charge >= 0.3 is 6.18 Å². The molecule has 0 spiro atoms. The Morgan fingerprint density at radius 3 is 2.19 bits per heavy atom. The molecule has 8 nitrogen and oxygen atoms in total. The highest BCUT2D eigenvalue weighted by atomic mass is 19.4. The molecule has 258 valence electrons. The summed E-state index contributed by atoms with van der Waals surface area (Å²) in [6.07, 6.45) is 1.52. The minimum Gasteiger partial charge on any atom is -0.445 e. The van der Waals surface area contributed by atoms with Crippen molar-refractivity contribution in [3.63, 3.8) is 0 Å². The average molecular weight is 675 g/mol. The van der Waals surface area contributed by atoms with E-state index in [1.54, 1.807) is 11.0 Å². The number of carbonyl (C=O) groups is 2. The number of hydrogen-bond acceptors (Lipinski definition) is 6. The zero-order valence-corrected chi connectivity index (χ0v) is 26.7. The summed E-state index contributed by atoms with van der Waals surface area (Å²) in [6.45, 7) is 4.18. The molecule has 48 heavy (non-hydrogen) atoms. The summed E-state index contributed by atoms with van der Waals surface area (Å²) in [7, 11) is 0. The van der Waals surface area contributed by atoms with E-state index in [0.29, 0.717) is 37.6 Å². The first-order valence-electron chi connectivity index (χ1n) is 15.8. The van der Waals surface area contributed by atoms with Crippen molar-refractivity contribution in [3.8, 4) is 11.5 Å². The summed E-state index contributed by atoms with van der Waals surface area (Å²) in [5.41, 5.74) is 6.06. The first kappa shape index (κ1) is 36.5. The molecule has 0 radical (unpaired) electrons. The summed E-state index contributed by atoms with van der Waals surface area (Å²) in [6, 6.07) is 6.17. The fourth-order valence-corrected chi connectivity index (χ4v) is 5.67. The smallest absolute Gasteiger partial charge is 0.416 e. The zero-order valence-electron chi connectivity index (χ0n) is 26.7. The van der Waals surface area contributed by atoms with Crippen LogP contribution < -0.4 is 5.73 Å². The second-order valence-electron chi connectivity index (χ2n) is 11.9. The van der Waals surface area contributed by atoms with Crippen molar-refractivity contribution in [2.45, 2.75) is 57.9 Å². The van der Waals surface area contributed by atoms with Crippen LogP contribution in [0.25, 0.3) is 11.5 Å². The van der Waals surface area contributed by atoms with Crippen LogP contribution in [0.4, 0.5) is 22.0 Å². The fourth-order valence-electron chi connectivity index (χ4n) is 5.67. The Bertz CT molecular complexity index is 1600. The van der Waals surface area contributed by atoms with Crippen LogP contribution >= 0.6 is 0 Å². The molecule has 3 N–H and O–H groups in total. The molecule has 2 amide bonds. The molecule has 0 bridgehead atoms. The minimum atomic E-state index is -4.60. The lowest BCUT2D eigenvalue weighted by Crippen LogP contribution is -2.48. The molecular formula is C35H39F5N4O4. The van der Waals surface area contributed by atoms with Gasteiger partial charge in [-0.2, -0.15) is 13.2 Å². The van der Waals surface area contributed by atoms with E-state index >= 15 is 0 Å². The van der Waals surface area contributed by atoms with Crippen LogP contribution in [0, 0.1) is 17.6 Å². The highest BCUT2D eigenvalue weighted by Gasteiger charge is 2.35. The molecule has 0 saturated heterocycles. The number of nitrogens with zero attached hydrogens (tertiary/aromatic N) is 3. The first-order valence-corrected chi connectivity index (χ1v) is 15.8. The molecule has 1 aliphatic rings. The second-order valence-corrected chi connectivity index (χ2v) is 11.9. The van der Waals surface area contributed by atoms with E-state index in [4.69, 9.17) is 10.2 Å². The SMILES string of the molecule is CCCN(CCC)C(=O)c1cc(C(=O)N(CC2C=C(C(F)(F)F)C=CC2)C[C@@H](O)[C@@H](N)Cc2cc(F)cc(F)c2)cc(-c2ncco2)c1. The van der Waals surface area contributed by atoms with Crippen LogP contribution in [0.1, 0.15) is 59.4 Å². The summed E-state index contributed by atoms with van der Waals surface area (Å²) in [5, 5.41) is 11.1. The molecule has 1 heterocycles. The van der Waals surface area contributed by atoms with Gasteiger partial charge in [-0.25, -0.2) is 13.8 Å². The maximum atomic E-state index is 14.3. The number of halogens is 5. The minimum absolute atomic E-state index is 0.0151. The highest BCUT2D eigenvalue weighted by Crippen LogP contribution is 2.32. The van der Waals surface area contributed by atoms with Gasteiger partial charge in [-0.05, 0) is 67.5 Å². The maximum Gasteiger partial charge on any atom is 0.416 e. The standard InChI is InChI=1S/C35H39F5N4O4/c1-3-9-43(10-4-2)33(46)25-16-24(32-42-8-11-48-32)17-26(18-25)34(47)44(20-22-6-5-7-27(12-22)35(38,39)40)21-31(45)30(41)15-23-13-28(36)19-29(37)14-23/h5,7-8,11-14,16-19,22,30-31,45H,3-4,6,9-10,15,20-21,41H2,1-2H3/t22?,30-,31+/m0/s1. The third-order valence-electron chi connectivity index (χ3n) is 7.90. The molecule has 1 unspecified atom stereocenters. The van der Waals surface area contributed by atoms with Crippen LogP contribution in [0.2, 0.25) is 0 Å². The normalized spacial score (nSPS) is 15.9. The lowest BCUT2D eigenvalue weighted by molar-refractivity contribution is -0.0889. The van der Waals surface area contributed by atoms with Crippen molar-refractivity contribution in [1.29, 1.82) is 0 Å². The van der Waals surface area contributed by atoms with Gasteiger partial charge in [0.15, 0.2) is 0 Å².